The average Bonchev–Trinajstić information content (AvgIpc) is 2.19. The van der Waals surface area contributed by atoms with Crippen LogP contribution in [0.15, 0.2) is 25.9 Å². The lowest BCUT2D eigenvalue weighted by molar-refractivity contribution is 0.414. The van der Waals surface area contributed by atoms with Crippen molar-refractivity contribution in [2.24, 2.45) is 0 Å². The zero-order chi connectivity index (χ0) is 10.6. The summed E-state index contributed by atoms with van der Waals surface area (Å²) in [5.41, 5.74) is 1.22. The molecule has 0 aliphatic rings. The molecule has 4 heteroatoms. The molecule has 1 aromatic carbocycles. The van der Waals surface area contributed by atoms with Gasteiger partial charge >= 0.3 is 0 Å². The molecule has 0 unspecified atom stereocenters. The summed E-state index contributed by atoms with van der Waals surface area (Å²) >= 11 is 6.43. The van der Waals surface area contributed by atoms with Gasteiger partial charge in [0.25, 0.3) is 0 Å². The van der Waals surface area contributed by atoms with Crippen LogP contribution in [0, 0.1) is 0 Å². The molecule has 0 aromatic heterocycles. The monoisotopic (exact) mass is 432 g/mol. The van der Waals surface area contributed by atoms with Crippen LogP contribution in [0.3, 0.4) is 0 Å². The van der Waals surface area contributed by atoms with Gasteiger partial charge in [0.1, 0.15) is 5.75 Å². The van der Waals surface area contributed by atoms with Crippen LogP contribution in [0.2, 0.25) is 0 Å². The maximum Gasteiger partial charge on any atom is 0.119 e. The Kier molecular flexibility index (Phi) is 5.61. The van der Waals surface area contributed by atoms with Gasteiger partial charge < -0.3 is 4.74 Å². The molecule has 0 radical (unpaired) electrons. The van der Waals surface area contributed by atoms with Crippen molar-refractivity contribution in [3.05, 3.63) is 31.4 Å². The van der Waals surface area contributed by atoms with Crippen molar-refractivity contribution < 1.29 is 4.74 Å². The summed E-state index contributed by atoms with van der Waals surface area (Å²) in [7, 11) is 1.69. The highest BCUT2D eigenvalue weighted by atomic mass is 127. The molecular weight excluding hydrogens is 422 g/mol. The van der Waals surface area contributed by atoms with E-state index >= 15 is 0 Å². The molecule has 0 spiro atoms. The first-order chi connectivity index (χ1) is 6.69. The van der Waals surface area contributed by atoms with E-state index in [2.05, 4.69) is 63.6 Å². The highest BCUT2D eigenvalue weighted by Gasteiger charge is 2.04. The third kappa shape index (κ3) is 3.30. The van der Waals surface area contributed by atoms with Crippen LogP contribution < -0.4 is 4.74 Å². The molecule has 1 aromatic rings. The molecule has 0 aliphatic heterocycles. The van der Waals surface area contributed by atoms with Gasteiger partial charge in [0.15, 0.2) is 0 Å². The minimum Gasteiger partial charge on any atom is -0.497 e. The zero-order valence-corrected chi connectivity index (χ0v) is 13.0. The second-order valence-electron chi connectivity index (χ2n) is 2.53. The van der Waals surface area contributed by atoms with Crippen LogP contribution >= 0.6 is 56.9 Å². The lowest BCUT2D eigenvalue weighted by atomic mass is 10.2. The van der Waals surface area contributed by atoms with Crippen LogP contribution in [-0.4, -0.2) is 13.4 Å². The van der Waals surface area contributed by atoms with E-state index in [0.717, 1.165) is 5.75 Å². The van der Waals surface area contributed by atoms with Crippen molar-refractivity contribution in [3.8, 4) is 5.75 Å². The molecule has 1 rings (SSSR count). The zero-order valence-electron chi connectivity index (χ0n) is 7.88. The highest BCUT2D eigenvalue weighted by molar-refractivity contribution is 14.2. The fourth-order valence-electron chi connectivity index (χ4n) is 1.07. The molecule has 0 amide bonds. The van der Waals surface area contributed by atoms with E-state index < -0.39 is 0 Å². The number of ether oxygens (including phenoxy) is 1. The van der Waals surface area contributed by atoms with Gasteiger partial charge in [-0.25, -0.2) is 0 Å². The standard InChI is InChI=1S/C10H10I2OS/c1-13-8-5-3-4-7(6-8)9(14-2)10(11)12/h3-6H,1-2H3. The predicted octanol–water partition coefficient (Wildman–Crippen LogP) is 4.55. The van der Waals surface area contributed by atoms with E-state index in [-0.39, 0.29) is 0 Å². The molecular formula is C10H10I2OS. The van der Waals surface area contributed by atoms with E-state index in [9.17, 15) is 0 Å². The molecule has 0 heterocycles. The summed E-state index contributed by atoms with van der Waals surface area (Å²) < 4.78 is 6.47. The molecule has 76 valence electrons. The predicted molar refractivity (Wildman–Crippen MR) is 81.5 cm³/mol. The maximum absolute atomic E-state index is 5.19. The molecule has 0 saturated heterocycles. The van der Waals surface area contributed by atoms with Gasteiger partial charge in [-0.1, -0.05) is 12.1 Å². The van der Waals surface area contributed by atoms with Crippen LogP contribution in [-0.2, 0) is 0 Å². The number of benzene rings is 1. The number of rotatable bonds is 3. The number of hydrogen-bond donors (Lipinski definition) is 0. The van der Waals surface area contributed by atoms with Crippen molar-refractivity contribution in [1.82, 2.24) is 0 Å². The van der Waals surface area contributed by atoms with E-state index in [4.69, 9.17) is 4.74 Å². The van der Waals surface area contributed by atoms with Gasteiger partial charge in [0, 0.05) is 4.91 Å². The van der Waals surface area contributed by atoms with Gasteiger partial charge in [-0.2, -0.15) is 0 Å². The highest BCUT2D eigenvalue weighted by Crippen LogP contribution is 2.36. The molecule has 0 N–H and O–H groups in total. The topological polar surface area (TPSA) is 9.23 Å². The summed E-state index contributed by atoms with van der Waals surface area (Å²) in [4.78, 5) is 1.30. The average molecular weight is 432 g/mol. The van der Waals surface area contributed by atoms with Crippen molar-refractivity contribution in [3.63, 3.8) is 0 Å². The molecule has 0 bridgehead atoms. The van der Waals surface area contributed by atoms with Crippen molar-refractivity contribution in [2.45, 2.75) is 0 Å². The van der Waals surface area contributed by atoms with Crippen molar-refractivity contribution in [1.29, 1.82) is 0 Å². The van der Waals surface area contributed by atoms with E-state index in [1.807, 2.05) is 12.1 Å². The summed E-state index contributed by atoms with van der Waals surface area (Å²) in [5, 5.41) is 0. The SMILES string of the molecule is COc1cccc(C(SC)=C(I)I)c1. The summed E-state index contributed by atoms with van der Waals surface area (Å²) in [6.07, 6.45) is 2.09. The second-order valence-corrected chi connectivity index (χ2v) is 7.56. The molecule has 0 fully saturated rings. The van der Waals surface area contributed by atoms with Crippen LogP contribution in [0.5, 0.6) is 5.75 Å². The first kappa shape index (κ1) is 12.6. The Morgan fingerprint density at radius 3 is 2.57 bits per heavy atom. The van der Waals surface area contributed by atoms with Gasteiger partial charge in [-0.3, -0.25) is 0 Å². The third-order valence-electron chi connectivity index (χ3n) is 1.71. The van der Waals surface area contributed by atoms with Crippen molar-refractivity contribution in [2.75, 3.05) is 13.4 Å². The Morgan fingerprint density at radius 2 is 2.07 bits per heavy atom. The van der Waals surface area contributed by atoms with Gasteiger partial charge in [-0.15, -0.1) is 11.8 Å². The summed E-state index contributed by atoms with van der Waals surface area (Å²) in [6, 6.07) is 8.14. The van der Waals surface area contributed by atoms with Crippen LogP contribution in [0.4, 0.5) is 0 Å². The number of halogens is 2. The first-order valence-corrected chi connectivity index (χ1v) is 7.31. The minimum absolute atomic E-state index is 0.906. The minimum atomic E-state index is 0.906. The van der Waals surface area contributed by atoms with Gasteiger partial charge in [0.05, 0.1) is 8.70 Å². The van der Waals surface area contributed by atoms with Crippen molar-refractivity contribution >= 4 is 61.8 Å². The molecule has 14 heavy (non-hydrogen) atoms. The van der Waals surface area contributed by atoms with Gasteiger partial charge in [0.2, 0.25) is 0 Å². The molecule has 0 saturated carbocycles. The molecule has 0 atom stereocenters. The van der Waals surface area contributed by atoms with E-state index in [1.165, 1.54) is 12.1 Å². The van der Waals surface area contributed by atoms with Gasteiger partial charge in [-0.05, 0) is 69.1 Å². The first-order valence-electron chi connectivity index (χ1n) is 3.92. The Labute approximate surface area is 116 Å². The lowest BCUT2D eigenvalue weighted by Crippen LogP contribution is -1.85. The Bertz CT molecular complexity index is 346. The quantitative estimate of drug-likeness (QED) is 0.649. The van der Waals surface area contributed by atoms with E-state index in [0.29, 0.717) is 0 Å². The summed E-state index contributed by atoms with van der Waals surface area (Å²) in [5.74, 6) is 0.906. The molecule has 0 aliphatic carbocycles. The second kappa shape index (κ2) is 6.22. The van der Waals surface area contributed by atoms with E-state index in [1.54, 1.807) is 18.9 Å². The number of hydrogen-bond acceptors (Lipinski definition) is 2. The van der Waals surface area contributed by atoms with Crippen LogP contribution in [0.25, 0.3) is 4.91 Å². The van der Waals surface area contributed by atoms with Crippen LogP contribution in [0.1, 0.15) is 5.56 Å². The fourth-order valence-corrected chi connectivity index (χ4v) is 3.53. The Morgan fingerprint density at radius 1 is 1.36 bits per heavy atom. The maximum atomic E-state index is 5.19. The Balaban J connectivity index is 3.12. The lowest BCUT2D eigenvalue weighted by Gasteiger charge is -2.06. The normalized spacial score (nSPS) is 9.71. The number of thioether (sulfide) groups is 1. The third-order valence-corrected chi connectivity index (χ3v) is 4.37. The summed E-state index contributed by atoms with van der Waals surface area (Å²) in [6.45, 7) is 0. The largest absolute Gasteiger partial charge is 0.497 e. The number of methoxy groups -OCH3 is 1. The smallest absolute Gasteiger partial charge is 0.119 e. The molecule has 1 nitrogen and oxygen atoms in total. The Hall–Kier alpha value is 0.570. The fraction of sp³-hybridized carbons (Fsp3) is 0.200.